The smallest absolute Gasteiger partial charge is 0.413 e. The van der Waals surface area contributed by atoms with Crippen LogP contribution in [0.15, 0.2) is 24.3 Å². The zero-order valence-electron chi connectivity index (χ0n) is 26.8. The van der Waals surface area contributed by atoms with Crippen LogP contribution in [-0.4, -0.2) is 90.2 Å². The Kier molecular flexibility index (Phi) is 12.9. The summed E-state index contributed by atoms with van der Waals surface area (Å²) in [6.45, 7) is 10.5. The van der Waals surface area contributed by atoms with Crippen LogP contribution in [0.3, 0.4) is 0 Å². The zero-order valence-corrected chi connectivity index (χ0v) is 26.8. The van der Waals surface area contributed by atoms with Crippen molar-refractivity contribution < 1.29 is 42.9 Å². The standard InChI is InChI=1S/C32H46N4O9/c1-21(17-27(38)24-10-8-23(9-11-24)18-34-30(40)42-20-33)28(39)35-15-12-26(13-16-35)44-29(43-22(2)37)25-7-6-14-36(19-25)31(41)45-32(3,4)5/h8-11,20-21,25-26,29,33H,6-7,12-19H2,1-5H3,(H,34,40)/t21-,25?,29?/m1/s1. The predicted molar refractivity (Wildman–Crippen MR) is 163 cm³/mol. The average Bonchev–Trinajstić information content (AvgIpc) is 2.99. The van der Waals surface area contributed by atoms with Crippen LogP contribution in [-0.2, 0) is 35.1 Å². The highest BCUT2D eigenvalue weighted by atomic mass is 16.7. The van der Waals surface area contributed by atoms with Crippen LogP contribution in [0.1, 0.15) is 82.6 Å². The Morgan fingerprint density at radius 2 is 1.69 bits per heavy atom. The highest BCUT2D eigenvalue weighted by Gasteiger charge is 2.36. The number of Topliss-reactive ketones (excluding diaryl/α,β-unsaturated/α-hetero) is 1. The topological polar surface area (TPSA) is 165 Å². The minimum absolute atomic E-state index is 0.0584. The van der Waals surface area contributed by atoms with Crippen molar-refractivity contribution in [1.82, 2.24) is 15.1 Å². The fraction of sp³-hybridized carbons (Fsp3) is 0.625. The summed E-state index contributed by atoms with van der Waals surface area (Å²) in [4.78, 5) is 65.3. The Bertz CT molecular complexity index is 1210. The number of carbonyl (C=O) groups excluding carboxylic acids is 5. The molecule has 2 fully saturated rings. The molecule has 1 aromatic rings. The third-order valence-corrected chi connectivity index (χ3v) is 7.65. The quantitative estimate of drug-likeness (QED) is 0.0907. The van der Waals surface area contributed by atoms with Gasteiger partial charge in [-0.3, -0.25) is 19.8 Å². The molecule has 0 radical (unpaired) electrons. The second-order valence-corrected chi connectivity index (χ2v) is 12.6. The summed E-state index contributed by atoms with van der Waals surface area (Å²) in [6.07, 6.45) is 0.988. The van der Waals surface area contributed by atoms with E-state index in [2.05, 4.69) is 10.1 Å². The lowest BCUT2D eigenvalue weighted by atomic mass is 9.96. The van der Waals surface area contributed by atoms with Crippen molar-refractivity contribution in [1.29, 1.82) is 5.41 Å². The maximum atomic E-state index is 13.2. The van der Waals surface area contributed by atoms with Crippen LogP contribution >= 0.6 is 0 Å². The minimum atomic E-state index is -0.811. The van der Waals surface area contributed by atoms with Crippen molar-refractivity contribution in [2.24, 2.45) is 11.8 Å². The second kappa shape index (κ2) is 16.4. The van der Waals surface area contributed by atoms with Crippen molar-refractivity contribution in [2.75, 3.05) is 26.2 Å². The van der Waals surface area contributed by atoms with Crippen LogP contribution in [0.25, 0.3) is 0 Å². The van der Waals surface area contributed by atoms with Crippen LogP contribution < -0.4 is 5.32 Å². The normalized spacial score (nSPS) is 18.7. The summed E-state index contributed by atoms with van der Waals surface area (Å²) < 4.78 is 21.8. The number of alkyl carbamates (subject to hydrolysis) is 1. The van der Waals surface area contributed by atoms with E-state index in [1.54, 1.807) is 41.0 Å². The van der Waals surface area contributed by atoms with Crippen molar-refractivity contribution in [3.05, 3.63) is 35.4 Å². The van der Waals surface area contributed by atoms with Gasteiger partial charge in [0.15, 0.2) is 12.2 Å². The Balaban J connectivity index is 1.48. The molecule has 3 rings (SSSR count). The third kappa shape index (κ3) is 11.5. The number of ketones is 1. The van der Waals surface area contributed by atoms with Gasteiger partial charge in [0.25, 0.3) is 0 Å². The van der Waals surface area contributed by atoms with Crippen LogP contribution in [0.2, 0.25) is 0 Å². The molecule has 3 atom stereocenters. The molecule has 0 saturated carbocycles. The lowest BCUT2D eigenvalue weighted by Gasteiger charge is -2.39. The van der Waals surface area contributed by atoms with Gasteiger partial charge in [-0.05, 0) is 52.0 Å². The summed E-state index contributed by atoms with van der Waals surface area (Å²) in [6, 6.07) is 6.72. The molecule has 2 heterocycles. The van der Waals surface area contributed by atoms with Crippen LogP contribution in [0.4, 0.5) is 9.59 Å². The van der Waals surface area contributed by atoms with E-state index in [1.165, 1.54) is 6.92 Å². The summed E-state index contributed by atoms with van der Waals surface area (Å²) in [5.74, 6) is -1.44. The van der Waals surface area contributed by atoms with E-state index < -0.39 is 36.0 Å². The first-order valence-corrected chi connectivity index (χ1v) is 15.4. The van der Waals surface area contributed by atoms with E-state index in [4.69, 9.17) is 19.6 Å². The second-order valence-electron chi connectivity index (χ2n) is 12.6. The fourth-order valence-corrected chi connectivity index (χ4v) is 5.40. The maximum Gasteiger partial charge on any atom is 0.413 e. The third-order valence-electron chi connectivity index (χ3n) is 7.65. The number of nitrogens with zero attached hydrogens (tertiary/aromatic N) is 2. The van der Waals surface area contributed by atoms with Crippen molar-refractivity contribution in [3.63, 3.8) is 0 Å². The summed E-state index contributed by atoms with van der Waals surface area (Å²) in [7, 11) is 0. The van der Waals surface area contributed by atoms with Gasteiger partial charge in [0.1, 0.15) is 5.60 Å². The molecule has 0 spiro atoms. The molecule has 0 bridgehead atoms. The maximum absolute atomic E-state index is 13.2. The largest absolute Gasteiger partial charge is 0.444 e. The number of carbonyl (C=O) groups is 5. The number of esters is 1. The lowest BCUT2D eigenvalue weighted by molar-refractivity contribution is -0.211. The van der Waals surface area contributed by atoms with Crippen molar-refractivity contribution in [2.45, 2.75) is 91.3 Å². The van der Waals surface area contributed by atoms with Crippen molar-refractivity contribution >= 4 is 36.2 Å². The predicted octanol–water partition coefficient (Wildman–Crippen LogP) is 4.27. The molecule has 2 N–H and O–H groups in total. The van der Waals surface area contributed by atoms with E-state index in [1.807, 2.05) is 20.8 Å². The van der Waals surface area contributed by atoms with Gasteiger partial charge in [0, 0.05) is 63.5 Å². The molecule has 2 unspecified atom stereocenters. The number of ether oxygens (including phenoxy) is 4. The number of likely N-dealkylation sites (tertiary alicyclic amines) is 2. The lowest BCUT2D eigenvalue weighted by Crippen LogP contribution is -2.49. The van der Waals surface area contributed by atoms with Gasteiger partial charge < -0.3 is 34.1 Å². The average molecular weight is 631 g/mol. The highest BCUT2D eigenvalue weighted by molar-refractivity contribution is 5.98. The number of nitrogens with one attached hydrogen (secondary N) is 2. The van der Waals surface area contributed by atoms with E-state index in [9.17, 15) is 24.0 Å². The number of rotatable bonds is 11. The Hall–Kier alpha value is -4.00. The minimum Gasteiger partial charge on any atom is -0.444 e. The summed E-state index contributed by atoms with van der Waals surface area (Å²) >= 11 is 0. The molecule has 1 aromatic carbocycles. The van der Waals surface area contributed by atoms with Crippen LogP contribution in [0.5, 0.6) is 0 Å². The first kappa shape index (κ1) is 35.5. The van der Waals surface area contributed by atoms with Gasteiger partial charge in [-0.2, -0.15) is 0 Å². The number of piperidine rings is 2. The van der Waals surface area contributed by atoms with Crippen molar-refractivity contribution in [3.8, 4) is 0 Å². The number of hydrogen-bond donors (Lipinski definition) is 2. The van der Waals surface area contributed by atoms with Gasteiger partial charge in [-0.1, -0.05) is 31.2 Å². The fourth-order valence-electron chi connectivity index (χ4n) is 5.40. The molecule has 13 heteroatoms. The molecule has 0 aliphatic carbocycles. The molecular weight excluding hydrogens is 584 g/mol. The SMILES string of the molecule is CC(=O)OC(OC1CCN(C(=O)[C@H](C)CC(=O)c2ccc(CNC(=O)OC=N)cc2)CC1)C1CCCN(C(=O)OC(C)(C)C)C1. The number of benzene rings is 1. The molecular formula is C32H46N4O9. The monoisotopic (exact) mass is 630 g/mol. The van der Waals surface area contributed by atoms with Gasteiger partial charge in [-0.25, -0.2) is 9.59 Å². The highest BCUT2D eigenvalue weighted by Crippen LogP contribution is 2.28. The van der Waals surface area contributed by atoms with Gasteiger partial charge in [0.05, 0.1) is 6.10 Å². The van der Waals surface area contributed by atoms with E-state index >= 15 is 0 Å². The summed E-state index contributed by atoms with van der Waals surface area (Å²) in [5, 5.41) is 9.25. The Labute approximate surface area is 264 Å². The molecule has 248 valence electrons. The Morgan fingerprint density at radius 3 is 2.29 bits per heavy atom. The molecule has 0 aromatic heterocycles. The molecule has 3 amide bonds. The van der Waals surface area contributed by atoms with Gasteiger partial charge >= 0.3 is 18.2 Å². The van der Waals surface area contributed by atoms with E-state index in [0.29, 0.717) is 51.0 Å². The number of amides is 3. The molecule has 13 nitrogen and oxygen atoms in total. The first-order valence-electron chi connectivity index (χ1n) is 15.4. The number of hydrogen-bond acceptors (Lipinski definition) is 10. The van der Waals surface area contributed by atoms with E-state index in [-0.39, 0.29) is 36.7 Å². The summed E-state index contributed by atoms with van der Waals surface area (Å²) in [5.41, 5.74) is 0.608. The van der Waals surface area contributed by atoms with Crippen LogP contribution in [0, 0.1) is 17.2 Å². The van der Waals surface area contributed by atoms with E-state index in [0.717, 1.165) is 18.4 Å². The Morgan fingerprint density at radius 1 is 1.02 bits per heavy atom. The molecule has 2 saturated heterocycles. The van der Waals surface area contributed by atoms with Gasteiger partial charge in [-0.15, -0.1) is 0 Å². The molecule has 2 aliphatic rings. The zero-order chi connectivity index (χ0) is 33.1. The first-order chi connectivity index (χ1) is 21.3. The molecule has 2 aliphatic heterocycles. The van der Waals surface area contributed by atoms with Gasteiger partial charge in [0.2, 0.25) is 12.2 Å². The molecule has 45 heavy (non-hydrogen) atoms.